The van der Waals surface area contributed by atoms with Crippen molar-refractivity contribution >= 4 is 17.5 Å². The van der Waals surface area contributed by atoms with Crippen LogP contribution in [-0.2, 0) is 16.9 Å². The van der Waals surface area contributed by atoms with Gasteiger partial charge in [-0.25, -0.2) is 9.67 Å². The topological polar surface area (TPSA) is 54.3 Å². The van der Waals surface area contributed by atoms with Gasteiger partial charge >= 0.3 is 0 Å². The van der Waals surface area contributed by atoms with Crippen LogP contribution >= 0.6 is 11.6 Å². The van der Waals surface area contributed by atoms with Crippen molar-refractivity contribution in [3.8, 4) is 0 Å². The van der Waals surface area contributed by atoms with E-state index in [1.807, 2.05) is 4.68 Å². The minimum Gasteiger partial charge on any atom is -0.340 e. The molecular weight excluding hydrogens is 422 g/mol. The van der Waals surface area contributed by atoms with Crippen molar-refractivity contribution in [3.05, 3.63) is 47.0 Å². The Labute approximate surface area is 194 Å². The van der Waals surface area contributed by atoms with E-state index in [1.165, 1.54) is 17.5 Å². The molecule has 0 radical (unpaired) electrons. The number of benzene rings is 1. The second kappa shape index (κ2) is 7.56. The minimum atomic E-state index is -0.221. The highest BCUT2D eigenvalue weighted by Crippen LogP contribution is 2.64. The lowest BCUT2D eigenvalue weighted by Crippen LogP contribution is -2.62. The van der Waals surface area contributed by atoms with Crippen LogP contribution in [0, 0.1) is 24.2 Å². The van der Waals surface area contributed by atoms with Crippen molar-refractivity contribution in [2.45, 2.75) is 57.5 Å². The van der Waals surface area contributed by atoms with Crippen LogP contribution in [0.3, 0.4) is 0 Å². The number of piperazine rings is 1. The number of halogens is 1. The van der Waals surface area contributed by atoms with Gasteiger partial charge in [0.25, 0.3) is 0 Å². The lowest BCUT2D eigenvalue weighted by atomic mass is 9.46. The van der Waals surface area contributed by atoms with Crippen molar-refractivity contribution in [1.82, 2.24) is 24.6 Å². The predicted octanol–water partition coefficient (Wildman–Crippen LogP) is 3.88. The average Bonchev–Trinajstić information content (AvgIpc) is 3.22. The Bertz CT molecular complexity index is 996. The van der Waals surface area contributed by atoms with E-state index in [-0.39, 0.29) is 11.0 Å². The van der Waals surface area contributed by atoms with Gasteiger partial charge in [0.15, 0.2) is 0 Å². The Morgan fingerprint density at radius 2 is 1.75 bits per heavy atom. The van der Waals surface area contributed by atoms with Crippen molar-refractivity contribution < 1.29 is 4.79 Å². The molecule has 1 amide bonds. The normalized spacial score (nSPS) is 34.2. The number of aryl methyl sites for hydroxylation is 1. The highest BCUT2D eigenvalue weighted by atomic mass is 35.5. The molecule has 2 aromatic rings. The van der Waals surface area contributed by atoms with E-state index in [4.69, 9.17) is 11.6 Å². The second-order valence-electron chi connectivity index (χ2n) is 11.0. The summed E-state index contributed by atoms with van der Waals surface area (Å²) in [6, 6.07) is 8.80. The summed E-state index contributed by atoms with van der Waals surface area (Å²) in [5.74, 6) is 1.63. The summed E-state index contributed by atoms with van der Waals surface area (Å²) >= 11 is 6.08. The number of hydrogen-bond donors (Lipinski definition) is 0. The number of carbonyl (C=O) groups is 1. The minimum absolute atomic E-state index is 0.0762. The van der Waals surface area contributed by atoms with E-state index in [0.717, 1.165) is 64.8 Å². The maximum atomic E-state index is 14.0. The molecule has 7 heteroatoms. The van der Waals surface area contributed by atoms with Gasteiger partial charge in [0.05, 0.1) is 11.0 Å². The van der Waals surface area contributed by atoms with E-state index in [0.29, 0.717) is 23.0 Å². The van der Waals surface area contributed by atoms with E-state index < -0.39 is 0 Å². The first-order valence-corrected chi connectivity index (χ1v) is 12.5. The van der Waals surface area contributed by atoms with Crippen LogP contribution in [-0.4, -0.2) is 56.7 Å². The molecule has 1 aliphatic heterocycles. The molecule has 2 heterocycles. The van der Waals surface area contributed by atoms with E-state index in [9.17, 15) is 4.79 Å². The molecule has 2 unspecified atom stereocenters. The largest absolute Gasteiger partial charge is 0.340 e. The van der Waals surface area contributed by atoms with Crippen LogP contribution in [0.5, 0.6) is 0 Å². The molecule has 6 nitrogen and oxygen atoms in total. The zero-order valence-corrected chi connectivity index (χ0v) is 19.6. The number of aromatic nitrogens is 3. The van der Waals surface area contributed by atoms with Gasteiger partial charge in [-0.05, 0) is 74.4 Å². The Kier molecular flexibility index (Phi) is 4.88. The first kappa shape index (κ1) is 20.7. The maximum Gasteiger partial charge on any atom is 0.242 e. The Morgan fingerprint density at radius 1 is 1.06 bits per heavy atom. The number of hydrogen-bond acceptors (Lipinski definition) is 4. The van der Waals surface area contributed by atoms with E-state index in [2.05, 4.69) is 51.1 Å². The summed E-state index contributed by atoms with van der Waals surface area (Å²) in [5, 5.41) is 4.81. The predicted molar refractivity (Wildman–Crippen MR) is 123 cm³/mol. The van der Waals surface area contributed by atoms with Crippen LogP contribution in [0.4, 0.5) is 0 Å². The fraction of sp³-hybridized carbons (Fsp3) is 0.640. The number of nitrogens with zero attached hydrogens (tertiary/aromatic N) is 5. The molecule has 5 fully saturated rings. The van der Waals surface area contributed by atoms with Crippen LogP contribution < -0.4 is 0 Å². The summed E-state index contributed by atoms with van der Waals surface area (Å²) in [5.41, 5.74) is 2.35. The molecule has 1 aromatic carbocycles. The summed E-state index contributed by atoms with van der Waals surface area (Å²) in [6.45, 7) is 6.67. The molecule has 32 heavy (non-hydrogen) atoms. The van der Waals surface area contributed by atoms with Crippen LogP contribution in [0.15, 0.2) is 30.6 Å². The maximum absolute atomic E-state index is 14.0. The molecule has 0 N–H and O–H groups in total. The first-order chi connectivity index (χ1) is 15.4. The summed E-state index contributed by atoms with van der Waals surface area (Å²) in [6.07, 6.45) is 8.29. The van der Waals surface area contributed by atoms with Gasteiger partial charge in [-0.15, -0.1) is 5.10 Å². The fourth-order valence-corrected chi connectivity index (χ4v) is 7.73. The van der Waals surface area contributed by atoms with Gasteiger partial charge in [-0.3, -0.25) is 9.69 Å². The molecule has 1 saturated heterocycles. The van der Waals surface area contributed by atoms with Crippen LogP contribution in [0.25, 0.3) is 0 Å². The molecule has 4 bridgehead atoms. The van der Waals surface area contributed by atoms with Gasteiger partial charge < -0.3 is 4.90 Å². The lowest BCUT2D eigenvalue weighted by Gasteiger charge is -2.61. The smallest absolute Gasteiger partial charge is 0.242 e. The SMILES string of the molecule is Cc1ccc(CN2CCN(C(=O)C34CC5CC(C3)CC(n3cnc(Cl)n3)(C5)C4)CC2)cc1. The summed E-state index contributed by atoms with van der Waals surface area (Å²) < 4.78 is 2.01. The zero-order valence-electron chi connectivity index (χ0n) is 18.8. The molecule has 1 aromatic heterocycles. The summed E-state index contributed by atoms with van der Waals surface area (Å²) in [7, 11) is 0. The van der Waals surface area contributed by atoms with Crippen molar-refractivity contribution in [2.24, 2.45) is 17.3 Å². The first-order valence-electron chi connectivity index (χ1n) is 12.1. The third-order valence-electron chi connectivity index (χ3n) is 8.62. The molecule has 7 rings (SSSR count). The molecule has 4 aliphatic carbocycles. The highest BCUT2D eigenvalue weighted by Gasteiger charge is 2.62. The van der Waals surface area contributed by atoms with E-state index in [1.54, 1.807) is 6.33 Å². The van der Waals surface area contributed by atoms with E-state index >= 15 is 0 Å². The standard InChI is InChI=1S/C25H32ClN5O/c1-18-2-4-19(5-3-18)15-29-6-8-30(9-7-29)22(32)24-11-20-10-21(12-24)14-25(13-20,16-24)31-17-27-23(26)28-31/h2-5,17,20-21H,6-16H2,1H3. The number of rotatable bonds is 4. The molecule has 0 spiro atoms. The Morgan fingerprint density at radius 3 is 2.38 bits per heavy atom. The molecule has 170 valence electrons. The van der Waals surface area contributed by atoms with Crippen LogP contribution in [0.1, 0.15) is 49.7 Å². The average molecular weight is 454 g/mol. The lowest BCUT2D eigenvalue weighted by molar-refractivity contribution is -0.168. The van der Waals surface area contributed by atoms with Gasteiger partial charge in [0, 0.05) is 32.7 Å². The quantitative estimate of drug-likeness (QED) is 0.705. The van der Waals surface area contributed by atoms with Gasteiger partial charge in [0.2, 0.25) is 11.2 Å². The van der Waals surface area contributed by atoms with Crippen molar-refractivity contribution in [1.29, 1.82) is 0 Å². The molecule has 4 saturated carbocycles. The summed E-state index contributed by atoms with van der Waals surface area (Å²) in [4.78, 5) is 22.8. The Balaban J connectivity index is 1.16. The highest BCUT2D eigenvalue weighted by molar-refractivity contribution is 6.28. The van der Waals surface area contributed by atoms with Gasteiger partial charge in [-0.1, -0.05) is 29.8 Å². The third-order valence-corrected chi connectivity index (χ3v) is 8.79. The van der Waals surface area contributed by atoms with Gasteiger partial charge in [0.1, 0.15) is 6.33 Å². The third kappa shape index (κ3) is 3.47. The number of amides is 1. The monoisotopic (exact) mass is 453 g/mol. The fourth-order valence-electron chi connectivity index (χ4n) is 7.60. The molecule has 2 atom stereocenters. The van der Waals surface area contributed by atoms with Crippen molar-refractivity contribution in [3.63, 3.8) is 0 Å². The molecular formula is C25H32ClN5O. The second-order valence-corrected chi connectivity index (χ2v) is 11.3. The van der Waals surface area contributed by atoms with Gasteiger partial charge in [-0.2, -0.15) is 0 Å². The number of carbonyl (C=O) groups excluding carboxylic acids is 1. The zero-order chi connectivity index (χ0) is 21.9. The van der Waals surface area contributed by atoms with Crippen LogP contribution in [0.2, 0.25) is 5.28 Å². The van der Waals surface area contributed by atoms with Crippen molar-refractivity contribution in [2.75, 3.05) is 26.2 Å². The molecule has 5 aliphatic rings. The Hall–Kier alpha value is -1.92.